The number of likely N-dealkylation sites (N-methyl/N-ethyl adjacent to an activating group) is 1. The number of hydrogen-bond donors (Lipinski definition) is 1. The second-order valence-electron chi connectivity index (χ2n) is 4.47. The minimum Gasteiger partial charge on any atom is -0.480 e. The maximum absolute atomic E-state index is 12.9. The van der Waals surface area contributed by atoms with Gasteiger partial charge in [-0.3, -0.25) is 14.5 Å². The Hall–Kier alpha value is -2.21. The Morgan fingerprint density at radius 2 is 1.90 bits per heavy atom. The van der Waals surface area contributed by atoms with E-state index in [0.29, 0.717) is 18.8 Å². The molecule has 1 aromatic rings. The van der Waals surface area contributed by atoms with E-state index in [-0.39, 0.29) is 24.8 Å². The second kappa shape index (κ2) is 8.16. The predicted molar refractivity (Wildman–Crippen MR) is 78.7 cm³/mol. The third-order valence-electron chi connectivity index (χ3n) is 2.86. The standard InChI is InChI=1S/C15H19FN2O3/c1-3-9-17(11-15(20)21)10-14(19)18(4-2)13-7-5-12(16)6-8-13/h3,5-8H,1,4,9-11H2,2H3,(H,20,21). The van der Waals surface area contributed by atoms with Gasteiger partial charge in [0.1, 0.15) is 5.82 Å². The van der Waals surface area contributed by atoms with Crippen molar-refractivity contribution in [2.45, 2.75) is 6.92 Å². The van der Waals surface area contributed by atoms with Crippen LogP contribution in [0.4, 0.5) is 10.1 Å². The van der Waals surface area contributed by atoms with Gasteiger partial charge in [0.25, 0.3) is 0 Å². The topological polar surface area (TPSA) is 60.9 Å². The number of carboxylic acid groups (broad SMARTS) is 1. The molecular weight excluding hydrogens is 275 g/mol. The molecular formula is C15H19FN2O3. The van der Waals surface area contributed by atoms with E-state index in [0.717, 1.165) is 0 Å². The summed E-state index contributed by atoms with van der Waals surface area (Å²) in [4.78, 5) is 26.0. The molecule has 21 heavy (non-hydrogen) atoms. The van der Waals surface area contributed by atoms with Crippen molar-refractivity contribution < 1.29 is 19.1 Å². The molecule has 0 fully saturated rings. The fourth-order valence-corrected chi connectivity index (χ4v) is 1.96. The summed E-state index contributed by atoms with van der Waals surface area (Å²) in [7, 11) is 0. The summed E-state index contributed by atoms with van der Waals surface area (Å²) in [5.74, 6) is -1.62. The Kier molecular flexibility index (Phi) is 6.55. The van der Waals surface area contributed by atoms with Gasteiger partial charge in [0.15, 0.2) is 0 Å². The summed E-state index contributed by atoms with van der Waals surface area (Å²) >= 11 is 0. The van der Waals surface area contributed by atoms with Crippen LogP contribution in [-0.2, 0) is 9.59 Å². The smallest absolute Gasteiger partial charge is 0.317 e. The van der Waals surface area contributed by atoms with Crippen molar-refractivity contribution in [3.63, 3.8) is 0 Å². The summed E-state index contributed by atoms with van der Waals surface area (Å²) < 4.78 is 12.9. The molecule has 114 valence electrons. The Bertz CT molecular complexity index is 502. The number of amides is 1. The molecule has 0 unspecified atom stereocenters. The van der Waals surface area contributed by atoms with Gasteiger partial charge in [-0.2, -0.15) is 0 Å². The van der Waals surface area contributed by atoms with Gasteiger partial charge in [0.2, 0.25) is 5.91 Å². The number of carbonyl (C=O) groups excluding carboxylic acids is 1. The first-order valence-electron chi connectivity index (χ1n) is 6.59. The van der Waals surface area contributed by atoms with Gasteiger partial charge < -0.3 is 10.0 Å². The molecule has 0 aliphatic heterocycles. The van der Waals surface area contributed by atoms with E-state index in [1.165, 1.54) is 34.1 Å². The van der Waals surface area contributed by atoms with E-state index in [1.54, 1.807) is 13.0 Å². The van der Waals surface area contributed by atoms with Gasteiger partial charge >= 0.3 is 5.97 Å². The highest BCUT2D eigenvalue weighted by atomic mass is 19.1. The molecule has 5 nitrogen and oxygen atoms in total. The SMILES string of the molecule is C=CCN(CC(=O)O)CC(=O)N(CC)c1ccc(F)cc1. The van der Waals surface area contributed by atoms with E-state index >= 15 is 0 Å². The summed E-state index contributed by atoms with van der Waals surface area (Å²) in [5, 5.41) is 8.82. The molecule has 0 heterocycles. The van der Waals surface area contributed by atoms with Crippen LogP contribution in [0.5, 0.6) is 0 Å². The largest absolute Gasteiger partial charge is 0.480 e. The molecule has 1 aromatic carbocycles. The first kappa shape index (κ1) is 16.8. The maximum Gasteiger partial charge on any atom is 0.317 e. The fraction of sp³-hybridized carbons (Fsp3) is 0.333. The molecule has 0 saturated carbocycles. The summed E-state index contributed by atoms with van der Waals surface area (Å²) in [6, 6.07) is 5.60. The third kappa shape index (κ3) is 5.35. The number of carboxylic acids is 1. The number of rotatable bonds is 8. The van der Waals surface area contributed by atoms with E-state index in [9.17, 15) is 14.0 Å². The summed E-state index contributed by atoms with van der Waals surface area (Å²) in [6.07, 6.45) is 1.55. The van der Waals surface area contributed by atoms with E-state index in [1.807, 2.05) is 0 Å². The molecule has 0 spiro atoms. The van der Waals surface area contributed by atoms with Crippen molar-refractivity contribution in [1.82, 2.24) is 4.90 Å². The normalized spacial score (nSPS) is 10.4. The molecule has 0 aliphatic carbocycles. The number of benzene rings is 1. The molecule has 0 aromatic heterocycles. The molecule has 6 heteroatoms. The van der Waals surface area contributed by atoms with Crippen LogP contribution in [0.1, 0.15) is 6.92 Å². The van der Waals surface area contributed by atoms with Gasteiger partial charge in [-0.1, -0.05) is 6.08 Å². The summed E-state index contributed by atoms with van der Waals surface area (Å²) in [5.41, 5.74) is 0.581. The minimum absolute atomic E-state index is 0.0382. The molecule has 1 rings (SSSR count). The van der Waals surface area contributed by atoms with Gasteiger partial charge in [0, 0.05) is 18.8 Å². The van der Waals surface area contributed by atoms with Gasteiger partial charge in [-0.25, -0.2) is 4.39 Å². The Morgan fingerprint density at radius 1 is 1.29 bits per heavy atom. The number of halogens is 1. The number of hydrogen-bond acceptors (Lipinski definition) is 3. The highest BCUT2D eigenvalue weighted by Gasteiger charge is 2.18. The van der Waals surface area contributed by atoms with Crippen molar-refractivity contribution in [1.29, 1.82) is 0 Å². The van der Waals surface area contributed by atoms with Crippen LogP contribution >= 0.6 is 0 Å². The molecule has 0 atom stereocenters. The van der Waals surface area contributed by atoms with Crippen molar-refractivity contribution in [3.8, 4) is 0 Å². The highest BCUT2D eigenvalue weighted by Crippen LogP contribution is 2.15. The van der Waals surface area contributed by atoms with Gasteiger partial charge in [-0.05, 0) is 31.2 Å². The lowest BCUT2D eigenvalue weighted by molar-refractivity contribution is -0.138. The number of anilines is 1. The zero-order valence-electron chi connectivity index (χ0n) is 12.0. The zero-order chi connectivity index (χ0) is 15.8. The molecule has 0 saturated heterocycles. The molecule has 0 aliphatic rings. The van der Waals surface area contributed by atoms with E-state index < -0.39 is 5.97 Å². The second-order valence-corrected chi connectivity index (χ2v) is 4.47. The molecule has 1 amide bonds. The van der Waals surface area contributed by atoms with Crippen LogP contribution < -0.4 is 4.90 Å². The number of aliphatic carboxylic acids is 1. The van der Waals surface area contributed by atoms with E-state index in [4.69, 9.17) is 5.11 Å². The van der Waals surface area contributed by atoms with Crippen LogP contribution in [0, 0.1) is 5.82 Å². The van der Waals surface area contributed by atoms with Gasteiger partial charge in [0.05, 0.1) is 13.1 Å². The lowest BCUT2D eigenvalue weighted by Crippen LogP contribution is -2.42. The van der Waals surface area contributed by atoms with Crippen LogP contribution in [0.25, 0.3) is 0 Å². The first-order chi connectivity index (χ1) is 9.97. The summed E-state index contributed by atoms with van der Waals surface area (Å²) in [6.45, 7) is 5.79. The van der Waals surface area contributed by atoms with Crippen LogP contribution in [0.15, 0.2) is 36.9 Å². The van der Waals surface area contributed by atoms with Crippen molar-refractivity contribution >= 4 is 17.6 Å². The lowest BCUT2D eigenvalue weighted by atomic mass is 10.2. The average Bonchev–Trinajstić information content (AvgIpc) is 2.41. The molecule has 0 bridgehead atoms. The Balaban J connectivity index is 2.79. The van der Waals surface area contributed by atoms with Crippen LogP contribution in [-0.4, -0.2) is 48.1 Å². The molecule has 0 radical (unpaired) electrons. The van der Waals surface area contributed by atoms with Crippen molar-refractivity contribution in [2.75, 3.05) is 31.1 Å². The van der Waals surface area contributed by atoms with Crippen LogP contribution in [0.3, 0.4) is 0 Å². The van der Waals surface area contributed by atoms with Gasteiger partial charge in [-0.15, -0.1) is 6.58 Å². The number of carbonyl (C=O) groups is 2. The van der Waals surface area contributed by atoms with Crippen molar-refractivity contribution in [3.05, 3.63) is 42.7 Å². The Labute approximate surface area is 123 Å². The zero-order valence-corrected chi connectivity index (χ0v) is 12.0. The maximum atomic E-state index is 12.9. The predicted octanol–water partition coefficient (Wildman–Crippen LogP) is 1.75. The Morgan fingerprint density at radius 3 is 2.38 bits per heavy atom. The first-order valence-corrected chi connectivity index (χ1v) is 6.59. The van der Waals surface area contributed by atoms with Crippen LogP contribution in [0.2, 0.25) is 0 Å². The fourth-order valence-electron chi connectivity index (χ4n) is 1.96. The minimum atomic E-state index is -1.01. The highest BCUT2D eigenvalue weighted by molar-refractivity contribution is 5.94. The number of nitrogens with zero attached hydrogens (tertiary/aromatic N) is 2. The average molecular weight is 294 g/mol. The van der Waals surface area contributed by atoms with E-state index in [2.05, 4.69) is 6.58 Å². The third-order valence-corrected chi connectivity index (χ3v) is 2.86. The quantitative estimate of drug-likeness (QED) is 0.742. The van der Waals surface area contributed by atoms with Crippen molar-refractivity contribution in [2.24, 2.45) is 0 Å². The molecule has 1 N–H and O–H groups in total. The lowest BCUT2D eigenvalue weighted by Gasteiger charge is -2.25. The monoisotopic (exact) mass is 294 g/mol.